The Balaban J connectivity index is 1.52. The number of carbonyl (C=O) groups excluding carboxylic acids is 2. The van der Waals surface area contributed by atoms with Crippen molar-refractivity contribution >= 4 is 17.7 Å². The standard InChI is InChI=1S/C21H25N3O4/c1-2-27-20(25)18(9-13-11-22-28-12-13)23-21(26)24-19-16-7-3-5-14(16)10-15-6-4-8-17(15)19/h10-12,18H,2-9H2,1H3,(H2,23,24,26). The molecule has 0 fully saturated rings. The van der Waals surface area contributed by atoms with Crippen molar-refractivity contribution in [3.8, 4) is 0 Å². The van der Waals surface area contributed by atoms with E-state index in [1.807, 2.05) is 0 Å². The van der Waals surface area contributed by atoms with Crippen LogP contribution in [0.3, 0.4) is 0 Å². The summed E-state index contributed by atoms with van der Waals surface area (Å²) >= 11 is 0. The van der Waals surface area contributed by atoms with E-state index in [2.05, 4.69) is 21.9 Å². The Morgan fingerprint density at radius 3 is 2.50 bits per heavy atom. The number of benzene rings is 1. The van der Waals surface area contributed by atoms with Crippen LogP contribution in [0.2, 0.25) is 0 Å². The van der Waals surface area contributed by atoms with Crippen molar-refractivity contribution in [2.24, 2.45) is 0 Å². The van der Waals surface area contributed by atoms with Gasteiger partial charge >= 0.3 is 12.0 Å². The van der Waals surface area contributed by atoms with Gasteiger partial charge in [0, 0.05) is 17.7 Å². The number of hydrogen-bond donors (Lipinski definition) is 2. The number of carbonyl (C=O) groups is 2. The number of nitrogens with one attached hydrogen (secondary N) is 2. The summed E-state index contributed by atoms with van der Waals surface area (Å²) in [5.74, 6) is -0.470. The molecule has 0 spiro atoms. The number of aryl methyl sites for hydroxylation is 2. The SMILES string of the molecule is CCOC(=O)C(Cc1cnoc1)NC(=O)Nc1c2c(cc3c1CCC3)CCC2. The van der Waals surface area contributed by atoms with Gasteiger partial charge in [-0.25, -0.2) is 9.59 Å². The Hall–Kier alpha value is -2.83. The van der Waals surface area contributed by atoms with E-state index in [0.717, 1.165) is 49.8 Å². The molecular weight excluding hydrogens is 358 g/mol. The van der Waals surface area contributed by atoms with Crippen molar-refractivity contribution in [2.45, 2.75) is 57.9 Å². The third-order valence-corrected chi connectivity index (χ3v) is 5.51. The van der Waals surface area contributed by atoms with E-state index in [-0.39, 0.29) is 19.1 Å². The average molecular weight is 383 g/mol. The summed E-state index contributed by atoms with van der Waals surface area (Å²) in [4.78, 5) is 25.1. The highest BCUT2D eigenvalue weighted by Crippen LogP contribution is 2.38. The van der Waals surface area contributed by atoms with Crippen LogP contribution in [0.5, 0.6) is 0 Å². The van der Waals surface area contributed by atoms with E-state index in [1.54, 1.807) is 6.92 Å². The minimum atomic E-state index is -0.802. The van der Waals surface area contributed by atoms with Crippen LogP contribution in [0.15, 0.2) is 23.0 Å². The van der Waals surface area contributed by atoms with Crippen LogP contribution in [-0.2, 0) is 41.6 Å². The molecular formula is C21H25N3O4. The second-order valence-corrected chi connectivity index (χ2v) is 7.37. The van der Waals surface area contributed by atoms with Crippen LogP contribution in [0, 0.1) is 0 Å². The highest BCUT2D eigenvalue weighted by Gasteiger charge is 2.27. The minimum absolute atomic E-state index is 0.252. The lowest BCUT2D eigenvalue weighted by Crippen LogP contribution is -2.45. The first-order chi connectivity index (χ1) is 13.7. The predicted molar refractivity (Wildman–Crippen MR) is 103 cm³/mol. The van der Waals surface area contributed by atoms with Crippen molar-refractivity contribution in [3.05, 3.63) is 46.3 Å². The lowest BCUT2D eigenvalue weighted by Gasteiger charge is -2.20. The van der Waals surface area contributed by atoms with Gasteiger partial charge in [0.2, 0.25) is 0 Å². The van der Waals surface area contributed by atoms with E-state index in [4.69, 9.17) is 9.26 Å². The normalized spacial score (nSPS) is 15.6. The molecule has 2 amide bonds. The van der Waals surface area contributed by atoms with E-state index < -0.39 is 12.0 Å². The summed E-state index contributed by atoms with van der Waals surface area (Å²) in [6.45, 7) is 1.99. The molecule has 0 radical (unpaired) electrons. The summed E-state index contributed by atoms with van der Waals surface area (Å²) in [5, 5.41) is 9.48. The van der Waals surface area contributed by atoms with Crippen LogP contribution >= 0.6 is 0 Å². The molecule has 2 aliphatic carbocycles. The lowest BCUT2D eigenvalue weighted by atomic mass is 9.99. The van der Waals surface area contributed by atoms with E-state index >= 15 is 0 Å². The molecule has 7 heteroatoms. The molecule has 0 saturated carbocycles. The Bertz CT molecular complexity index is 844. The monoisotopic (exact) mass is 383 g/mol. The van der Waals surface area contributed by atoms with Crippen molar-refractivity contribution in [3.63, 3.8) is 0 Å². The third-order valence-electron chi connectivity index (χ3n) is 5.51. The molecule has 1 aromatic carbocycles. The van der Waals surface area contributed by atoms with Gasteiger partial charge in [0.15, 0.2) is 0 Å². The van der Waals surface area contributed by atoms with E-state index in [1.165, 1.54) is 34.7 Å². The Labute approximate surface area is 163 Å². The molecule has 1 atom stereocenters. The highest BCUT2D eigenvalue weighted by atomic mass is 16.5. The van der Waals surface area contributed by atoms with Crippen molar-refractivity contribution < 1.29 is 18.8 Å². The zero-order chi connectivity index (χ0) is 19.5. The molecule has 4 rings (SSSR count). The first-order valence-corrected chi connectivity index (χ1v) is 9.94. The largest absolute Gasteiger partial charge is 0.464 e. The number of ether oxygens (including phenoxy) is 1. The summed E-state index contributed by atoms with van der Waals surface area (Å²) < 4.78 is 9.95. The van der Waals surface area contributed by atoms with Crippen LogP contribution < -0.4 is 10.6 Å². The van der Waals surface area contributed by atoms with Crippen LogP contribution in [0.1, 0.15) is 47.6 Å². The number of nitrogens with zero attached hydrogens (tertiary/aromatic N) is 1. The average Bonchev–Trinajstić information content (AvgIpc) is 3.42. The van der Waals surface area contributed by atoms with Crippen molar-refractivity contribution in [1.29, 1.82) is 0 Å². The molecule has 0 bridgehead atoms. The Morgan fingerprint density at radius 1 is 1.18 bits per heavy atom. The fraction of sp³-hybridized carbons (Fsp3) is 0.476. The van der Waals surface area contributed by atoms with Crippen LogP contribution in [-0.4, -0.2) is 29.8 Å². The quantitative estimate of drug-likeness (QED) is 0.748. The van der Waals surface area contributed by atoms with Gasteiger partial charge in [-0.05, 0) is 67.7 Å². The van der Waals surface area contributed by atoms with Crippen molar-refractivity contribution in [2.75, 3.05) is 11.9 Å². The van der Waals surface area contributed by atoms with Gasteiger partial charge in [-0.3, -0.25) is 0 Å². The fourth-order valence-electron chi connectivity index (χ4n) is 4.27. The number of urea groups is 1. The Kier molecular flexibility index (Phi) is 5.32. The third kappa shape index (κ3) is 3.74. The molecule has 1 unspecified atom stereocenters. The van der Waals surface area contributed by atoms with Gasteiger partial charge in [-0.1, -0.05) is 11.2 Å². The molecule has 2 aromatic rings. The molecule has 0 aliphatic heterocycles. The lowest BCUT2D eigenvalue weighted by molar-refractivity contribution is -0.145. The highest BCUT2D eigenvalue weighted by molar-refractivity contribution is 5.94. The molecule has 2 N–H and O–H groups in total. The van der Waals surface area contributed by atoms with Crippen molar-refractivity contribution in [1.82, 2.24) is 10.5 Å². The maximum absolute atomic E-state index is 12.8. The fourth-order valence-corrected chi connectivity index (χ4v) is 4.27. The second kappa shape index (κ2) is 8.04. The maximum Gasteiger partial charge on any atom is 0.329 e. The van der Waals surface area contributed by atoms with Gasteiger partial charge in [0.1, 0.15) is 12.3 Å². The van der Waals surface area contributed by atoms with Gasteiger partial charge in [-0.2, -0.15) is 0 Å². The molecule has 148 valence electrons. The maximum atomic E-state index is 12.8. The molecule has 1 heterocycles. The van der Waals surface area contributed by atoms with Crippen LogP contribution in [0.4, 0.5) is 10.5 Å². The molecule has 2 aliphatic rings. The predicted octanol–water partition coefficient (Wildman–Crippen LogP) is 2.95. The number of hydrogen-bond acceptors (Lipinski definition) is 5. The zero-order valence-electron chi connectivity index (χ0n) is 16.0. The summed E-state index contributed by atoms with van der Waals surface area (Å²) in [5.41, 5.74) is 6.88. The van der Waals surface area contributed by atoms with Crippen LogP contribution in [0.25, 0.3) is 0 Å². The summed E-state index contributed by atoms with van der Waals surface area (Å²) in [7, 11) is 0. The molecule has 1 aromatic heterocycles. The van der Waals surface area contributed by atoms with Gasteiger partial charge in [0.05, 0.1) is 12.8 Å². The van der Waals surface area contributed by atoms with E-state index in [9.17, 15) is 9.59 Å². The second-order valence-electron chi connectivity index (χ2n) is 7.37. The number of esters is 1. The van der Waals surface area contributed by atoms with Gasteiger partial charge in [-0.15, -0.1) is 0 Å². The number of fused-ring (bicyclic) bond motifs is 2. The zero-order valence-corrected chi connectivity index (χ0v) is 16.0. The number of aromatic nitrogens is 1. The molecule has 28 heavy (non-hydrogen) atoms. The number of amides is 2. The van der Waals surface area contributed by atoms with E-state index in [0.29, 0.717) is 0 Å². The molecule has 0 saturated heterocycles. The summed E-state index contributed by atoms with van der Waals surface area (Å²) in [6, 6.07) is 1.13. The van der Waals surface area contributed by atoms with Gasteiger partial charge in [0.25, 0.3) is 0 Å². The first kappa shape index (κ1) is 18.5. The first-order valence-electron chi connectivity index (χ1n) is 9.94. The summed E-state index contributed by atoms with van der Waals surface area (Å²) in [6.07, 6.45) is 9.60. The Morgan fingerprint density at radius 2 is 1.89 bits per heavy atom. The topological polar surface area (TPSA) is 93.5 Å². The molecule has 7 nitrogen and oxygen atoms in total. The number of rotatable bonds is 6. The van der Waals surface area contributed by atoms with Gasteiger partial charge < -0.3 is 19.9 Å². The smallest absolute Gasteiger partial charge is 0.329 e. The minimum Gasteiger partial charge on any atom is -0.464 e. The number of anilines is 1.